The van der Waals surface area contributed by atoms with Gasteiger partial charge in [0.1, 0.15) is 0 Å². The van der Waals surface area contributed by atoms with Crippen LogP contribution in [0.3, 0.4) is 0 Å². The molecule has 0 amide bonds. The van der Waals surface area contributed by atoms with Crippen molar-refractivity contribution >= 4 is 10.0 Å². The van der Waals surface area contributed by atoms with Gasteiger partial charge in [-0.3, -0.25) is 0 Å². The first-order valence-corrected chi connectivity index (χ1v) is 4.92. The van der Waals surface area contributed by atoms with Crippen LogP contribution in [0.5, 0.6) is 0 Å². The van der Waals surface area contributed by atoms with Crippen LogP contribution < -0.4 is 4.72 Å². The third-order valence-electron chi connectivity index (χ3n) is 1.23. The first-order chi connectivity index (χ1) is 4.48. The predicted octanol–water partition coefficient (Wildman–Crippen LogP) is 0.596. The zero-order valence-corrected chi connectivity index (χ0v) is 7.48. The van der Waals surface area contributed by atoms with E-state index in [0.717, 1.165) is 0 Å². The average molecular weight is 164 g/mol. The van der Waals surface area contributed by atoms with Gasteiger partial charge in [0, 0.05) is 7.05 Å². The monoisotopic (exact) mass is 164 g/mol. The predicted molar refractivity (Wildman–Crippen MR) is 41.3 cm³/mol. The lowest BCUT2D eigenvalue weighted by molar-refractivity contribution is 0.566. The van der Waals surface area contributed by atoms with E-state index in [0.29, 0.717) is 12.3 Å². The zero-order chi connectivity index (χ0) is 8.20. The van der Waals surface area contributed by atoms with Crippen molar-refractivity contribution in [1.82, 2.24) is 4.72 Å². The standard InChI is InChI=1S/C6H14NO2S/c1-6(2)4-5-10(8,9)7-3/h6H,4-5H2,1-3H3. The third-order valence-corrected chi connectivity index (χ3v) is 2.54. The van der Waals surface area contributed by atoms with Crippen molar-refractivity contribution in [3.63, 3.8) is 0 Å². The summed E-state index contributed by atoms with van der Waals surface area (Å²) in [5.74, 6) is 0.609. The van der Waals surface area contributed by atoms with Gasteiger partial charge in [0.15, 0.2) is 0 Å². The largest absolute Gasteiger partial charge is 0.227 e. The third kappa shape index (κ3) is 4.76. The molecule has 0 atom stereocenters. The minimum atomic E-state index is -3.09. The molecule has 61 valence electrons. The van der Waals surface area contributed by atoms with E-state index in [1.807, 2.05) is 13.8 Å². The molecule has 0 heterocycles. The zero-order valence-electron chi connectivity index (χ0n) is 6.66. The summed E-state index contributed by atoms with van der Waals surface area (Å²) in [6.07, 6.45) is 0.694. The molecule has 0 rings (SSSR count). The van der Waals surface area contributed by atoms with Crippen LogP contribution in [0, 0.1) is 5.92 Å². The Morgan fingerprint density at radius 1 is 1.40 bits per heavy atom. The van der Waals surface area contributed by atoms with Crippen LogP contribution in [0.25, 0.3) is 0 Å². The summed E-state index contributed by atoms with van der Waals surface area (Å²) in [4.78, 5) is 0. The Morgan fingerprint density at radius 2 is 1.90 bits per heavy atom. The van der Waals surface area contributed by atoms with Crippen LogP contribution in [0.1, 0.15) is 20.3 Å². The van der Waals surface area contributed by atoms with Gasteiger partial charge in [0.05, 0.1) is 5.75 Å². The SMILES string of the molecule is C[N]S(=O)(=O)CCC(C)C. The minimum Gasteiger partial charge on any atom is -0.211 e. The van der Waals surface area contributed by atoms with Crippen LogP contribution in [0.2, 0.25) is 0 Å². The normalized spacial score (nSPS) is 12.4. The summed E-state index contributed by atoms with van der Waals surface area (Å²) in [7, 11) is -1.77. The van der Waals surface area contributed by atoms with Crippen LogP contribution in [0.15, 0.2) is 0 Å². The molecule has 0 aromatic heterocycles. The van der Waals surface area contributed by atoms with Gasteiger partial charge in [-0.25, -0.2) is 8.42 Å². The molecule has 0 unspecified atom stereocenters. The highest BCUT2D eigenvalue weighted by Gasteiger charge is 2.08. The Kier molecular flexibility index (Phi) is 3.89. The quantitative estimate of drug-likeness (QED) is 0.610. The molecule has 0 aliphatic carbocycles. The highest BCUT2D eigenvalue weighted by atomic mass is 32.2. The van der Waals surface area contributed by atoms with Crippen molar-refractivity contribution in [2.75, 3.05) is 12.8 Å². The Hall–Kier alpha value is -0.0900. The van der Waals surface area contributed by atoms with Crippen molar-refractivity contribution in [3.8, 4) is 0 Å². The topological polar surface area (TPSA) is 48.2 Å². The molecule has 0 bridgehead atoms. The Labute approximate surface area is 62.9 Å². The second-order valence-corrected chi connectivity index (χ2v) is 4.59. The first-order valence-electron chi connectivity index (χ1n) is 3.31. The van der Waals surface area contributed by atoms with Gasteiger partial charge in [0.2, 0.25) is 10.0 Å². The summed E-state index contributed by atoms with van der Waals surface area (Å²) >= 11 is 0. The van der Waals surface area contributed by atoms with Crippen molar-refractivity contribution in [2.45, 2.75) is 20.3 Å². The number of hydrogen-bond donors (Lipinski definition) is 0. The maximum atomic E-state index is 10.7. The molecule has 4 heteroatoms. The van der Waals surface area contributed by atoms with E-state index in [9.17, 15) is 8.42 Å². The Balaban J connectivity index is 3.70. The molecule has 0 aromatic carbocycles. The molecule has 3 nitrogen and oxygen atoms in total. The lowest BCUT2D eigenvalue weighted by Gasteiger charge is -2.02. The van der Waals surface area contributed by atoms with E-state index in [1.165, 1.54) is 7.05 Å². The minimum absolute atomic E-state index is 0.182. The van der Waals surface area contributed by atoms with E-state index >= 15 is 0 Å². The molecule has 10 heavy (non-hydrogen) atoms. The summed E-state index contributed by atoms with van der Waals surface area (Å²) < 4.78 is 24.7. The number of hydrogen-bond acceptors (Lipinski definition) is 2. The highest BCUT2D eigenvalue weighted by molar-refractivity contribution is 7.89. The van der Waals surface area contributed by atoms with E-state index in [4.69, 9.17) is 0 Å². The second-order valence-electron chi connectivity index (χ2n) is 2.65. The fraction of sp³-hybridized carbons (Fsp3) is 1.00. The summed E-state index contributed by atoms with van der Waals surface area (Å²) in [6, 6.07) is 0. The summed E-state index contributed by atoms with van der Waals surface area (Å²) in [5, 5.41) is 0. The van der Waals surface area contributed by atoms with Crippen LogP contribution >= 0.6 is 0 Å². The average Bonchev–Trinajstić information content (AvgIpc) is 1.85. The number of rotatable bonds is 4. The van der Waals surface area contributed by atoms with Crippen LogP contribution in [-0.4, -0.2) is 21.2 Å². The van der Waals surface area contributed by atoms with Crippen LogP contribution in [0.4, 0.5) is 0 Å². The fourth-order valence-electron chi connectivity index (χ4n) is 0.476. The summed E-state index contributed by atoms with van der Waals surface area (Å²) in [6.45, 7) is 3.98. The molecule has 0 fully saturated rings. The molecule has 0 spiro atoms. The molecular weight excluding hydrogens is 150 g/mol. The molecule has 0 saturated carbocycles. The smallest absolute Gasteiger partial charge is 0.211 e. The molecule has 0 saturated heterocycles. The van der Waals surface area contributed by atoms with Gasteiger partial charge in [-0.2, -0.15) is 0 Å². The van der Waals surface area contributed by atoms with Gasteiger partial charge in [0.25, 0.3) is 0 Å². The van der Waals surface area contributed by atoms with Gasteiger partial charge in [-0.05, 0) is 12.3 Å². The van der Waals surface area contributed by atoms with Crippen molar-refractivity contribution in [2.24, 2.45) is 5.92 Å². The van der Waals surface area contributed by atoms with Gasteiger partial charge >= 0.3 is 0 Å². The molecule has 0 aliphatic heterocycles. The van der Waals surface area contributed by atoms with Gasteiger partial charge in [-0.1, -0.05) is 13.8 Å². The second kappa shape index (κ2) is 3.93. The van der Waals surface area contributed by atoms with E-state index in [-0.39, 0.29) is 5.75 Å². The lowest BCUT2D eigenvalue weighted by Crippen LogP contribution is -2.16. The van der Waals surface area contributed by atoms with Gasteiger partial charge < -0.3 is 0 Å². The molecular formula is C6H14NO2S. The maximum absolute atomic E-state index is 10.7. The molecule has 0 aromatic rings. The Morgan fingerprint density at radius 3 is 2.20 bits per heavy atom. The van der Waals surface area contributed by atoms with Crippen molar-refractivity contribution in [3.05, 3.63) is 0 Å². The van der Waals surface area contributed by atoms with E-state index < -0.39 is 10.0 Å². The number of sulfonamides is 1. The lowest BCUT2D eigenvalue weighted by atomic mass is 10.2. The summed E-state index contributed by atoms with van der Waals surface area (Å²) in [5.41, 5.74) is 0. The van der Waals surface area contributed by atoms with Crippen molar-refractivity contribution < 1.29 is 8.42 Å². The van der Waals surface area contributed by atoms with E-state index in [1.54, 1.807) is 0 Å². The van der Waals surface area contributed by atoms with Crippen molar-refractivity contribution in [1.29, 1.82) is 0 Å². The highest BCUT2D eigenvalue weighted by Crippen LogP contribution is 2.01. The van der Waals surface area contributed by atoms with Crippen LogP contribution in [-0.2, 0) is 10.0 Å². The maximum Gasteiger partial charge on any atom is 0.227 e. The number of nitrogens with zero attached hydrogens (tertiary/aromatic N) is 1. The Bertz CT molecular complexity index is 172. The van der Waals surface area contributed by atoms with E-state index in [2.05, 4.69) is 4.72 Å². The fourth-order valence-corrected chi connectivity index (χ4v) is 1.43. The molecule has 0 N–H and O–H groups in total. The molecule has 1 radical (unpaired) electrons. The molecule has 0 aliphatic rings. The van der Waals surface area contributed by atoms with Gasteiger partial charge in [-0.15, -0.1) is 4.72 Å². The first kappa shape index (κ1) is 9.91.